The molecule has 0 atom stereocenters. The van der Waals surface area contributed by atoms with Gasteiger partial charge < -0.3 is 0 Å². The fourth-order valence-corrected chi connectivity index (χ4v) is 2.86. The highest BCUT2D eigenvalue weighted by molar-refractivity contribution is 5.04. The van der Waals surface area contributed by atoms with Crippen LogP contribution in [-0.2, 0) is 0 Å². The summed E-state index contributed by atoms with van der Waals surface area (Å²) in [7, 11) is 0. The third-order valence-electron chi connectivity index (χ3n) is 4.59. The van der Waals surface area contributed by atoms with E-state index in [0.717, 1.165) is 19.0 Å². The lowest BCUT2D eigenvalue weighted by Crippen LogP contribution is -2.70. The van der Waals surface area contributed by atoms with Gasteiger partial charge in [-0.2, -0.15) is 0 Å². The zero-order valence-corrected chi connectivity index (χ0v) is 12.9. The van der Waals surface area contributed by atoms with E-state index in [1.807, 2.05) is 0 Å². The molecule has 0 N–H and O–H groups in total. The number of alkyl halides is 1. The highest BCUT2D eigenvalue weighted by atomic mass is 19.1. The highest BCUT2D eigenvalue weighted by Gasteiger charge is 2.50. The van der Waals surface area contributed by atoms with Gasteiger partial charge in [0.25, 0.3) is 0 Å². The number of hydrogen-bond acceptors (Lipinski definition) is 2. The molecule has 0 radical (unpaired) electrons. The predicted molar refractivity (Wildman–Crippen MR) is 74.6 cm³/mol. The lowest BCUT2D eigenvalue weighted by atomic mass is 9.75. The van der Waals surface area contributed by atoms with E-state index in [1.54, 1.807) is 0 Å². The molecule has 2 aliphatic rings. The summed E-state index contributed by atoms with van der Waals surface area (Å²) in [5, 5.41) is 0. The van der Waals surface area contributed by atoms with Gasteiger partial charge in [-0.05, 0) is 32.1 Å². The molecule has 3 heteroatoms. The van der Waals surface area contributed by atoms with E-state index in [2.05, 4.69) is 51.3 Å². The number of likely N-dealkylation sites (tertiary alicyclic amines) is 2. The number of halogens is 1. The van der Waals surface area contributed by atoms with Gasteiger partial charge in [-0.1, -0.05) is 20.8 Å². The molecule has 0 aromatic rings. The number of nitrogens with zero attached hydrogens (tertiary/aromatic N) is 2. The van der Waals surface area contributed by atoms with E-state index in [-0.39, 0.29) is 5.54 Å². The maximum Gasteiger partial charge on any atom is 0.148 e. The van der Waals surface area contributed by atoms with Crippen molar-refractivity contribution >= 4 is 0 Å². The van der Waals surface area contributed by atoms with Crippen LogP contribution in [0.1, 0.15) is 41.5 Å². The van der Waals surface area contributed by atoms with E-state index in [4.69, 9.17) is 0 Å². The van der Waals surface area contributed by atoms with Crippen LogP contribution in [0, 0.1) is 11.3 Å². The average Bonchev–Trinajstić information content (AvgIpc) is 2.02. The minimum Gasteiger partial charge on any atom is -0.299 e. The summed E-state index contributed by atoms with van der Waals surface area (Å²) in [5.74, 6) is 0.736. The van der Waals surface area contributed by atoms with Gasteiger partial charge in [-0.25, -0.2) is 4.39 Å². The van der Waals surface area contributed by atoms with Gasteiger partial charge in [0.15, 0.2) is 0 Å². The van der Waals surface area contributed by atoms with Crippen molar-refractivity contribution in [1.82, 2.24) is 9.80 Å². The standard InChI is InChI=1S/C15H29FN2/c1-13(2,3)12-7-17(8-12)9-15(16)10-18(11-15)14(4,5)6/h12H,7-11H2,1-6H3. The van der Waals surface area contributed by atoms with Gasteiger partial charge in [-0.15, -0.1) is 0 Å². The van der Waals surface area contributed by atoms with Crippen LogP contribution < -0.4 is 0 Å². The van der Waals surface area contributed by atoms with E-state index >= 15 is 0 Å². The molecule has 0 bridgehead atoms. The van der Waals surface area contributed by atoms with E-state index in [0.29, 0.717) is 25.0 Å². The Morgan fingerprint density at radius 1 is 1.06 bits per heavy atom. The summed E-state index contributed by atoms with van der Waals surface area (Å²) in [5.41, 5.74) is -0.481. The van der Waals surface area contributed by atoms with Gasteiger partial charge in [0, 0.05) is 38.3 Å². The molecular weight excluding hydrogens is 227 g/mol. The molecule has 18 heavy (non-hydrogen) atoms. The van der Waals surface area contributed by atoms with Gasteiger partial charge in [0.2, 0.25) is 0 Å². The van der Waals surface area contributed by atoms with Crippen molar-refractivity contribution in [2.24, 2.45) is 11.3 Å². The van der Waals surface area contributed by atoms with Crippen molar-refractivity contribution in [2.75, 3.05) is 32.7 Å². The van der Waals surface area contributed by atoms with Crippen LogP contribution in [0.3, 0.4) is 0 Å². The fourth-order valence-electron chi connectivity index (χ4n) is 2.86. The maximum absolute atomic E-state index is 14.5. The molecule has 0 saturated carbocycles. The van der Waals surface area contributed by atoms with Crippen LogP contribution in [0.25, 0.3) is 0 Å². The smallest absolute Gasteiger partial charge is 0.148 e. The van der Waals surface area contributed by atoms with Crippen molar-refractivity contribution in [2.45, 2.75) is 52.8 Å². The molecule has 0 aromatic heterocycles. The Balaban J connectivity index is 1.74. The normalized spacial score (nSPS) is 26.8. The molecule has 2 rings (SSSR count). The molecule has 0 aromatic carbocycles. The molecule has 0 aliphatic carbocycles. The van der Waals surface area contributed by atoms with E-state index in [1.165, 1.54) is 0 Å². The monoisotopic (exact) mass is 256 g/mol. The third kappa shape index (κ3) is 2.88. The minimum absolute atomic E-state index is 0.110. The molecule has 2 heterocycles. The molecule has 0 spiro atoms. The first-order valence-electron chi connectivity index (χ1n) is 7.16. The van der Waals surface area contributed by atoms with Gasteiger partial charge >= 0.3 is 0 Å². The number of hydrogen-bond donors (Lipinski definition) is 0. The SMILES string of the molecule is CC(C)(C)C1CN(CC2(F)CN(C(C)(C)C)C2)C1. The van der Waals surface area contributed by atoms with Crippen LogP contribution in [0.5, 0.6) is 0 Å². The second-order valence-electron chi connectivity index (χ2n) is 8.43. The highest BCUT2D eigenvalue weighted by Crippen LogP contribution is 2.37. The second kappa shape index (κ2) is 4.17. The molecule has 0 amide bonds. The summed E-state index contributed by atoms with van der Waals surface area (Å²) < 4.78 is 14.5. The van der Waals surface area contributed by atoms with E-state index in [9.17, 15) is 4.39 Å². The quantitative estimate of drug-likeness (QED) is 0.749. The lowest BCUT2D eigenvalue weighted by Gasteiger charge is -2.55. The first kappa shape index (κ1) is 14.3. The van der Waals surface area contributed by atoms with Gasteiger partial charge in [0.1, 0.15) is 5.67 Å². The van der Waals surface area contributed by atoms with Gasteiger partial charge in [-0.3, -0.25) is 9.80 Å². The van der Waals surface area contributed by atoms with Crippen molar-refractivity contribution < 1.29 is 4.39 Å². The molecule has 2 saturated heterocycles. The van der Waals surface area contributed by atoms with Crippen LogP contribution in [0.2, 0.25) is 0 Å². The topological polar surface area (TPSA) is 6.48 Å². The Bertz CT molecular complexity index is 301. The zero-order chi connectivity index (χ0) is 13.8. The largest absolute Gasteiger partial charge is 0.299 e. The maximum atomic E-state index is 14.5. The predicted octanol–water partition coefficient (Wildman–Crippen LogP) is 2.79. The first-order valence-corrected chi connectivity index (χ1v) is 7.16. The Kier molecular flexibility index (Phi) is 3.31. The fraction of sp³-hybridized carbons (Fsp3) is 1.00. The second-order valence-corrected chi connectivity index (χ2v) is 8.43. The van der Waals surface area contributed by atoms with Crippen molar-refractivity contribution in [3.05, 3.63) is 0 Å². The number of rotatable bonds is 2. The molecule has 2 aliphatic heterocycles. The molecule has 2 fully saturated rings. The van der Waals surface area contributed by atoms with E-state index < -0.39 is 5.67 Å². The molecule has 106 valence electrons. The third-order valence-corrected chi connectivity index (χ3v) is 4.59. The zero-order valence-electron chi connectivity index (χ0n) is 12.9. The van der Waals surface area contributed by atoms with Crippen LogP contribution >= 0.6 is 0 Å². The first-order chi connectivity index (χ1) is 8.00. The summed E-state index contributed by atoms with van der Waals surface area (Å²) in [6, 6.07) is 0. The molecule has 2 nitrogen and oxygen atoms in total. The molecule has 0 unspecified atom stereocenters. The Morgan fingerprint density at radius 2 is 1.56 bits per heavy atom. The average molecular weight is 256 g/mol. The van der Waals surface area contributed by atoms with Crippen LogP contribution in [0.15, 0.2) is 0 Å². The lowest BCUT2D eigenvalue weighted by molar-refractivity contribution is -0.113. The minimum atomic E-state index is -0.962. The van der Waals surface area contributed by atoms with Crippen molar-refractivity contribution in [3.8, 4) is 0 Å². The van der Waals surface area contributed by atoms with Crippen molar-refractivity contribution in [3.63, 3.8) is 0 Å². The van der Waals surface area contributed by atoms with Crippen LogP contribution in [0.4, 0.5) is 4.39 Å². The van der Waals surface area contributed by atoms with Gasteiger partial charge in [0.05, 0.1) is 0 Å². The summed E-state index contributed by atoms with van der Waals surface area (Å²) in [6.45, 7) is 17.3. The Morgan fingerprint density at radius 3 is 1.94 bits per heavy atom. The summed E-state index contributed by atoms with van der Waals surface area (Å²) >= 11 is 0. The summed E-state index contributed by atoms with van der Waals surface area (Å²) in [6.07, 6.45) is 0. The summed E-state index contributed by atoms with van der Waals surface area (Å²) in [4.78, 5) is 4.52. The molecular formula is C15H29FN2. The van der Waals surface area contributed by atoms with Crippen molar-refractivity contribution in [1.29, 1.82) is 0 Å². The van der Waals surface area contributed by atoms with Crippen LogP contribution in [-0.4, -0.2) is 53.7 Å². The Hall–Kier alpha value is -0.150. The Labute approximate surface area is 112 Å².